The van der Waals surface area contributed by atoms with Crippen LogP contribution in [-0.2, 0) is 6.61 Å². The number of rotatable bonds is 6. The zero-order valence-corrected chi connectivity index (χ0v) is 15.1. The van der Waals surface area contributed by atoms with Gasteiger partial charge in [-0.15, -0.1) is 0 Å². The molecule has 2 aromatic heterocycles. The molecule has 26 heavy (non-hydrogen) atoms. The van der Waals surface area contributed by atoms with Crippen molar-refractivity contribution in [1.82, 2.24) is 19.9 Å². The van der Waals surface area contributed by atoms with Gasteiger partial charge < -0.3 is 19.3 Å². The van der Waals surface area contributed by atoms with Gasteiger partial charge in [-0.3, -0.25) is 14.7 Å². The zero-order chi connectivity index (χ0) is 18.5. The fourth-order valence-corrected chi connectivity index (χ4v) is 2.93. The highest BCUT2D eigenvalue weighted by atomic mass is 16.5. The molecule has 3 rings (SSSR count). The van der Waals surface area contributed by atoms with Crippen molar-refractivity contribution in [2.24, 2.45) is 0 Å². The predicted octanol–water partition coefficient (Wildman–Crippen LogP) is 1.10. The van der Waals surface area contributed by atoms with Crippen molar-refractivity contribution in [2.45, 2.75) is 26.0 Å². The minimum absolute atomic E-state index is 0.107. The average molecular weight is 360 g/mol. The van der Waals surface area contributed by atoms with Crippen LogP contribution in [0.1, 0.15) is 28.4 Å². The molecule has 3 heterocycles. The van der Waals surface area contributed by atoms with Crippen LogP contribution in [0.5, 0.6) is 5.75 Å². The number of aliphatic hydroxyl groups excluding tert-OH is 1. The number of aryl methyl sites for hydroxylation is 1. The summed E-state index contributed by atoms with van der Waals surface area (Å²) in [4.78, 5) is 20.7. The number of ether oxygens (including phenoxy) is 1. The second-order valence-electron chi connectivity index (χ2n) is 6.50. The minimum Gasteiger partial charge on any atom is -0.484 e. The van der Waals surface area contributed by atoms with E-state index in [9.17, 15) is 9.90 Å². The molecule has 1 fully saturated rings. The molecular formula is C18H24N4O4. The number of aromatic nitrogens is 2. The summed E-state index contributed by atoms with van der Waals surface area (Å²) < 4.78 is 10.8. The molecule has 0 aliphatic carbocycles. The van der Waals surface area contributed by atoms with E-state index < -0.39 is 0 Å². The Hall–Kier alpha value is -2.45. The van der Waals surface area contributed by atoms with Crippen molar-refractivity contribution in [3.8, 4) is 5.75 Å². The Morgan fingerprint density at radius 1 is 1.42 bits per heavy atom. The number of amides is 1. The maximum absolute atomic E-state index is 12.7. The standard InChI is InChI=1S/C18H24N4O4/c1-13-3-4-15(10-19-13)25-12-16-9-17(20-26-16)18(24)22-7-6-21(2)14(11-22)5-8-23/h3-4,9-10,14,23H,5-8,11-12H2,1-2H3/t14-/m1/s1. The van der Waals surface area contributed by atoms with E-state index in [4.69, 9.17) is 9.26 Å². The normalized spacial score (nSPS) is 18.1. The van der Waals surface area contributed by atoms with Gasteiger partial charge in [-0.1, -0.05) is 5.16 Å². The summed E-state index contributed by atoms with van der Waals surface area (Å²) in [6.07, 6.45) is 2.28. The quantitative estimate of drug-likeness (QED) is 0.824. The molecular weight excluding hydrogens is 336 g/mol. The van der Waals surface area contributed by atoms with E-state index in [0.717, 1.165) is 12.2 Å². The van der Waals surface area contributed by atoms with Crippen molar-refractivity contribution in [3.63, 3.8) is 0 Å². The van der Waals surface area contributed by atoms with Crippen LogP contribution in [0, 0.1) is 6.92 Å². The third kappa shape index (κ3) is 4.39. The lowest BCUT2D eigenvalue weighted by atomic mass is 10.1. The Morgan fingerprint density at radius 2 is 2.27 bits per heavy atom. The van der Waals surface area contributed by atoms with Gasteiger partial charge in [-0.25, -0.2) is 0 Å². The second kappa shape index (κ2) is 8.29. The summed E-state index contributed by atoms with van der Waals surface area (Å²) in [6.45, 7) is 4.16. The van der Waals surface area contributed by atoms with Crippen LogP contribution >= 0.6 is 0 Å². The molecule has 1 aliphatic rings. The van der Waals surface area contributed by atoms with Crippen molar-refractivity contribution in [2.75, 3.05) is 33.3 Å². The SMILES string of the molecule is Cc1ccc(OCc2cc(C(=O)N3CCN(C)[C@H](CCO)C3)no2)cn1. The van der Waals surface area contributed by atoms with Crippen molar-refractivity contribution >= 4 is 5.91 Å². The molecule has 0 spiro atoms. The van der Waals surface area contributed by atoms with Gasteiger partial charge >= 0.3 is 0 Å². The fourth-order valence-electron chi connectivity index (χ4n) is 2.93. The first-order chi connectivity index (χ1) is 12.6. The summed E-state index contributed by atoms with van der Waals surface area (Å²) in [7, 11) is 2.01. The first-order valence-electron chi connectivity index (χ1n) is 8.68. The van der Waals surface area contributed by atoms with E-state index in [1.807, 2.05) is 26.1 Å². The highest BCUT2D eigenvalue weighted by molar-refractivity contribution is 5.92. The van der Waals surface area contributed by atoms with Crippen molar-refractivity contribution < 1.29 is 19.2 Å². The number of likely N-dealkylation sites (N-methyl/N-ethyl adjacent to an activating group) is 1. The average Bonchev–Trinajstić information content (AvgIpc) is 3.12. The molecule has 8 nitrogen and oxygen atoms in total. The van der Waals surface area contributed by atoms with Gasteiger partial charge in [0.05, 0.1) is 6.20 Å². The van der Waals surface area contributed by atoms with Crippen LogP contribution in [0.3, 0.4) is 0 Å². The van der Waals surface area contributed by atoms with Crippen LogP contribution in [0.15, 0.2) is 28.9 Å². The molecule has 140 valence electrons. The summed E-state index contributed by atoms with van der Waals surface area (Å²) in [5, 5.41) is 13.1. The number of pyridine rings is 1. The smallest absolute Gasteiger partial charge is 0.276 e. The Labute approximate surface area is 152 Å². The number of carbonyl (C=O) groups excluding carboxylic acids is 1. The van der Waals surface area contributed by atoms with Gasteiger partial charge in [0.25, 0.3) is 5.91 Å². The van der Waals surface area contributed by atoms with E-state index in [0.29, 0.717) is 31.0 Å². The Balaban J connectivity index is 1.58. The maximum Gasteiger partial charge on any atom is 0.276 e. The monoisotopic (exact) mass is 360 g/mol. The lowest BCUT2D eigenvalue weighted by Gasteiger charge is -2.39. The molecule has 0 aromatic carbocycles. The summed E-state index contributed by atoms with van der Waals surface area (Å²) >= 11 is 0. The van der Waals surface area contributed by atoms with Crippen LogP contribution < -0.4 is 4.74 Å². The molecule has 1 saturated heterocycles. The number of hydrogen-bond donors (Lipinski definition) is 1. The topological polar surface area (TPSA) is 91.9 Å². The van der Waals surface area contributed by atoms with E-state index in [2.05, 4.69) is 15.0 Å². The second-order valence-corrected chi connectivity index (χ2v) is 6.50. The molecule has 2 aromatic rings. The molecule has 8 heteroatoms. The molecule has 1 amide bonds. The summed E-state index contributed by atoms with van der Waals surface area (Å²) in [6, 6.07) is 5.46. The summed E-state index contributed by atoms with van der Waals surface area (Å²) in [5.74, 6) is 0.953. The lowest BCUT2D eigenvalue weighted by molar-refractivity contribution is 0.0491. The molecule has 1 N–H and O–H groups in total. The molecule has 1 atom stereocenters. The van der Waals surface area contributed by atoms with E-state index >= 15 is 0 Å². The molecule has 0 radical (unpaired) electrons. The highest BCUT2D eigenvalue weighted by Gasteiger charge is 2.29. The van der Waals surface area contributed by atoms with Gasteiger partial charge in [-0.05, 0) is 32.5 Å². The van der Waals surface area contributed by atoms with Crippen LogP contribution in [0.2, 0.25) is 0 Å². The first-order valence-corrected chi connectivity index (χ1v) is 8.68. The molecule has 0 unspecified atom stereocenters. The summed E-state index contributed by atoms with van der Waals surface area (Å²) in [5.41, 5.74) is 1.19. The number of carbonyl (C=O) groups is 1. The van der Waals surface area contributed by atoms with Crippen LogP contribution in [0.4, 0.5) is 0 Å². The Kier molecular flexibility index (Phi) is 5.85. The van der Waals surface area contributed by atoms with Gasteiger partial charge in [0.15, 0.2) is 11.5 Å². The minimum atomic E-state index is -0.159. The van der Waals surface area contributed by atoms with Gasteiger partial charge in [0.2, 0.25) is 0 Å². The third-order valence-corrected chi connectivity index (χ3v) is 4.57. The number of nitrogens with zero attached hydrogens (tertiary/aromatic N) is 4. The molecule has 0 saturated carbocycles. The largest absolute Gasteiger partial charge is 0.484 e. The number of hydrogen-bond acceptors (Lipinski definition) is 7. The van der Waals surface area contributed by atoms with Gasteiger partial charge in [0, 0.05) is 44.0 Å². The van der Waals surface area contributed by atoms with Gasteiger partial charge in [0.1, 0.15) is 12.4 Å². The maximum atomic E-state index is 12.7. The Morgan fingerprint density at radius 3 is 3.00 bits per heavy atom. The van der Waals surface area contributed by atoms with Gasteiger partial charge in [-0.2, -0.15) is 0 Å². The predicted molar refractivity (Wildman–Crippen MR) is 93.8 cm³/mol. The zero-order valence-electron chi connectivity index (χ0n) is 15.1. The number of piperazine rings is 1. The first kappa shape index (κ1) is 18.3. The third-order valence-electron chi connectivity index (χ3n) is 4.57. The van der Waals surface area contributed by atoms with E-state index in [1.54, 1.807) is 17.2 Å². The Bertz CT molecular complexity index is 731. The highest BCUT2D eigenvalue weighted by Crippen LogP contribution is 2.16. The fraction of sp³-hybridized carbons (Fsp3) is 0.500. The van der Waals surface area contributed by atoms with E-state index in [1.165, 1.54) is 0 Å². The number of aliphatic hydroxyl groups is 1. The van der Waals surface area contributed by atoms with Crippen LogP contribution in [0.25, 0.3) is 0 Å². The molecule has 0 bridgehead atoms. The van der Waals surface area contributed by atoms with Crippen LogP contribution in [-0.4, -0.2) is 70.3 Å². The van der Waals surface area contributed by atoms with Crippen molar-refractivity contribution in [3.05, 3.63) is 41.5 Å². The lowest BCUT2D eigenvalue weighted by Crippen LogP contribution is -2.53. The van der Waals surface area contributed by atoms with E-state index in [-0.39, 0.29) is 30.9 Å². The van der Waals surface area contributed by atoms with Crippen molar-refractivity contribution in [1.29, 1.82) is 0 Å². The molecule has 1 aliphatic heterocycles.